The Balaban J connectivity index is -0.00000722. The number of ketones is 1. The standard InChI is InChI=1S/C30H56N3O6.CH3.Rb/c1-12-13-23(4)38-18-16-21(2)32-25(35)15-14-24(5)39-19-17-28(6,7)33-27(37)30(10,11)29(8,9)26(36)31-20-22(3)34;;/h20-21,23-24H,12-19H2,1-11H3,(H,31,36)(H,32,35)(H,33,37);1H3;/q2*-1;+1. The van der Waals surface area contributed by atoms with Crippen LogP contribution in [-0.4, -0.2) is 60.5 Å². The minimum Gasteiger partial charge on any atom is -0.483 e. The Hall–Kier alpha value is -0.325. The van der Waals surface area contributed by atoms with Crippen molar-refractivity contribution in [1.82, 2.24) is 16.0 Å². The molecule has 0 radical (unpaired) electrons. The van der Waals surface area contributed by atoms with Gasteiger partial charge in [0.2, 0.25) is 17.7 Å². The van der Waals surface area contributed by atoms with Gasteiger partial charge in [-0.05, 0) is 67.2 Å². The quantitative estimate of drug-likeness (QED) is 0.173. The molecular weight excluding hydrogens is 596 g/mol. The number of rotatable bonds is 20. The van der Waals surface area contributed by atoms with E-state index in [9.17, 15) is 19.2 Å². The second kappa shape index (κ2) is 21.4. The number of Topliss-reactive ketones (excluding diaryl/α,β-unsaturated/α-hetero) is 1. The van der Waals surface area contributed by atoms with Crippen molar-refractivity contribution in [2.24, 2.45) is 10.8 Å². The van der Waals surface area contributed by atoms with Crippen LogP contribution in [0.15, 0.2) is 0 Å². The van der Waals surface area contributed by atoms with Crippen LogP contribution in [0.5, 0.6) is 0 Å². The molecule has 3 atom stereocenters. The van der Waals surface area contributed by atoms with Crippen LogP contribution in [0.25, 0.3) is 0 Å². The van der Waals surface area contributed by atoms with Crippen molar-refractivity contribution >= 4 is 23.5 Å². The summed E-state index contributed by atoms with van der Waals surface area (Å²) in [6, 6.07) is 0.0551. The predicted octanol–water partition coefficient (Wildman–Crippen LogP) is 1.93. The first-order valence-corrected chi connectivity index (χ1v) is 14.4. The Labute approximate surface area is 300 Å². The van der Waals surface area contributed by atoms with Gasteiger partial charge in [-0.15, -0.1) is 0 Å². The maximum Gasteiger partial charge on any atom is 1.00 e. The van der Waals surface area contributed by atoms with Gasteiger partial charge in [-0.2, -0.15) is 0 Å². The average Bonchev–Trinajstić information content (AvgIpc) is 2.80. The molecular formula is C31H59N3O6Rb-. The van der Waals surface area contributed by atoms with Crippen LogP contribution in [0, 0.1) is 24.8 Å². The zero-order valence-corrected chi connectivity index (χ0v) is 33.3. The summed E-state index contributed by atoms with van der Waals surface area (Å²) in [6.07, 6.45) is 4.60. The minimum absolute atomic E-state index is 0. The van der Waals surface area contributed by atoms with Crippen LogP contribution in [0.2, 0.25) is 0 Å². The van der Waals surface area contributed by atoms with E-state index < -0.39 is 22.3 Å². The van der Waals surface area contributed by atoms with E-state index in [2.05, 4.69) is 29.8 Å². The molecule has 236 valence electrons. The normalized spacial score (nSPS) is 13.9. The molecule has 41 heavy (non-hydrogen) atoms. The van der Waals surface area contributed by atoms with E-state index in [0.717, 1.165) is 25.8 Å². The fraction of sp³-hybridized carbons (Fsp3) is 0.806. The van der Waals surface area contributed by atoms with E-state index in [1.165, 1.54) is 6.92 Å². The van der Waals surface area contributed by atoms with Crippen molar-refractivity contribution < 1.29 is 86.8 Å². The average molecular weight is 655 g/mol. The van der Waals surface area contributed by atoms with E-state index in [4.69, 9.17) is 9.47 Å². The minimum atomic E-state index is -1.07. The van der Waals surface area contributed by atoms with Crippen molar-refractivity contribution in [2.45, 2.75) is 138 Å². The number of amides is 3. The van der Waals surface area contributed by atoms with Crippen LogP contribution >= 0.6 is 0 Å². The summed E-state index contributed by atoms with van der Waals surface area (Å²) in [6.45, 7) is 22.3. The van der Waals surface area contributed by atoms with Gasteiger partial charge in [0.25, 0.3) is 0 Å². The molecule has 0 aromatic heterocycles. The Morgan fingerprint density at radius 1 is 0.805 bits per heavy atom. The molecule has 3 amide bonds. The number of hydrogen-bond acceptors (Lipinski definition) is 6. The summed E-state index contributed by atoms with van der Waals surface area (Å²) in [5.74, 6) is -0.937. The van der Waals surface area contributed by atoms with Crippen LogP contribution < -0.4 is 74.1 Å². The summed E-state index contributed by atoms with van der Waals surface area (Å²) >= 11 is 0. The first kappa shape index (κ1) is 45.1. The van der Waals surface area contributed by atoms with Crippen molar-refractivity contribution in [3.8, 4) is 0 Å². The molecule has 0 aromatic carbocycles. The molecule has 0 bridgehead atoms. The van der Waals surface area contributed by atoms with Gasteiger partial charge in [-0.3, -0.25) is 14.4 Å². The number of hydrogen-bond donors (Lipinski definition) is 3. The third-order valence-corrected chi connectivity index (χ3v) is 7.52. The molecule has 0 rings (SSSR count). The van der Waals surface area contributed by atoms with E-state index in [1.807, 2.05) is 27.7 Å². The molecule has 9 nitrogen and oxygen atoms in total. The Morgan fingerprint density at radius 2 is 1.32 bits per heavy atom. The van der Waals surface area contributed by atoms with E-state index >= 15 is 0 Å². The molecule has 0 saturated heterocycles. The molecule has 0 aromatic rings. The summed E-state index contributed by atoms with van der Waals surface area (Å²) < 4.78 is 11.7. The zero-order chi connectivity index (χ0) is 30.4. The van der Waals surface area contributed by atoms with Gasteiger partial charge < -0.3 is 37.6 Å². The first-order valence-electron chi connectivity index (χ1n) is 14.4. The molecule has 0 aliphatic heterocycles. The second-order valence-corrected chi connectivity index (χ2v) is 12.5. The van der Waals surface area contributed by atoms with Gasteiger partial charge in [0.1, 0.15) is 0 Å². The van der Waals surface area contributed by atoms with Gasteiger partial charge in [0.05, 0.1) is 23.0 Å². The molecule has 3 N–H and O–H groups in total. The van der Waals surface area contributed by atoms with Crippen molar-refractivity contribution in [1.29, 1.82) is 0 Å². The Kier molecular flexibility index (Phi) is 23.5. The maximum absolute atomic E-state index is 13.2. The third-order valence-electron chi connectivity index (χ3n) is 7.52. The molecule has 0 spiro atoms. The fourth-order valence-electron chi connectivity index (χ4n) is 3.73. The summed E-state index contributed by atoms with van der Waals surface area (Å²) in [5, 5.41) is 8.56. The number of carbonyl (C=O) groups is 4. The summed E-state index contributed by atoms with van der Waals surface area (Å²) in [4.78, 5) is 49.4. The van der Waals surface area contributed by atoms with Gasteiger partial charge in [0, 0.05) is 37.0 Å². The smallest absolute Gasteiger partial charge is 0.483 e. The first-order chi connectivity index (χ1) is 17.9. The zero-order valence-electron chi connectivity index (χ0n) is 28.4. The number of ether oxygens (including phenoxy) is 2. The second-order valence-electron chi connectivity index (χ2n) is 12.5. The van der Waals surface area contributed by atoms with Crippen molar-refractivity contribution in [3.63, 3.8) is 0 Å². The largest absolute Gasteiger partial charge is 1.00 e. The Morgan fingerprint density at radius 3 is 1.85 bits per heavy atom. The van der Waals surface area contributed by atoms with Crippen LogP contribution in [0.4, 0.5) is 0 Å². The fourth-order valence-corrected chi connectivity index (χ4v) is 3.73. The molecule has 0 fully saturated rings. The summed E-state index contributed by atoms with van der Waals surface area (Å²) in [7, 11) is 0. The molecule has 0 aliphatic rings. The van der Waals surface area contributed by atoms with Crippen molar-refractivity contribution in [2.75, 3.05) is 13.2 Å². The molecule has 3 unspecified atom stereocenters. The van der Waals surface area contributed by atoms with E-state index in [-0.39, 0.29) is 101 Å². The Bertz CT molecular complexity index is 801. The molecule has 0 aliphatic carbocycles. The number of nitrogens with one attached hydrogen (secondary N) is 3. The SMILES string of the molecule is CCCC(C)OCCC(C)NC(=O)CCC(C)OCCC(C)(C)NC(=O)C(C)(C)C(C)(C)C(=O)N[CH-]C(C)=O.[CH3-].[Rb+]. The predicted molar refractivity (Wildman–Crippen MR) is 161 cm³/mol. The van der Waals surface area contributed by atoms with Crippen LogP contribution in [-0.2, 0) is 28.7 Å². The monoisotopic (exact) mass is 654 g/mol. The van der Waals surface area contributed by atoms with Gasteiger partial charge in [-0.25, -0.2) is 6.54 Å². The van der Waals surface area contributed by atoms with Gasteiger partial charge >= 0.3 is 58.2 Å². The molecule has 10 heteroatoms. The summed E-state index contributed by atoms with van der Waals surface area (Å²) in [5.41, 5.74) is -2.68. The van der Waals surface area contributed by atoms with Crippen LogP contribution in [0.1, 0.15) is 115 Å². The number of carbonyl (C=O) groups excluding carboxylic acids is 4. The van der Waals surface area contributed by atoms with E-state index in [1.54, 1.807) is 27.7 Å². The molecule has 0 heterocycles. The van der Waals surface area contributed by atoms with E-state index in [0.29, 0.717) is 32.5 Å². The third kappa shape index (κ3) is 18.2. The van der Waals surface area contributed by atoms with Crippen molar-refractivity contribution in [3.05, 3.63) is 14.0 Å². The maximum atomic E-state index is 13.2. The van der Waals surface area contributed by atoms with Gasteiger partial charge in [0.15, 0.2) is 0 Å². The van der Waals surface area contributed by atoms with Crippen LogP contribution in [0.3, 0.4) is 0 Å². The topological polar surface area (TPSA) is 123 Å². The van der Waals surface area contributed by atoms with Gasteiger partial charge in [-0.1, -0.05) is 41.0 Å². The molecule has 0 saturated carbocycles.